The van der Waals surface area contributed by atoms with Crippen molar-refractivity contribution in [3.63, 3.8) is 0 Å². The lowest BCUT2D eigenvalue weighted by molar-refractivity contribution is 0.0600. The van der Waals surface area contributed by atoms with E-state index in [4.69, 9.17) is 9.47 Å². The minimum atomic E-state index is -0.445. The number of benzene rings is 3. The Hall–Kier alpha value is -4.37. The van der Waals surface area contributed by atoms with Gasteiger partial charge in [0.25, 0.3) is 5.91 Å². The highest BCUT2D eigenvalue weighted by atomic mass is 16.5. The van der Waals surface area contributed by atoms with Crippen molar-refractivity contribution < 1.29 is 24.2 Å². The highest BCUT2D eigenvalue weighted by Gasteiger charge is 2.24. The molecule has 0 saturated carbocycles. The number of phenolic OH excluding ortho intramolecular Hbond substituents is 1. The number of amides is 1. The first kappa shape index (κ1) is 25.3. The van der Waals surface area contributed by atoms with E-state index in [1.165, 1.54) is 19.8 Å². The molecule has 38 heavy (non-hydrogen) atoms. The molecule has 5 rings (SSSR count). The molecule has 1 aliphatic heterocycles. The third-order valence-electron chi connectivity index (χ3n) is 6.89. The van der Waals surface area contributed by atoms with E-state index in [1.807, 2.05) is 18.2 Å². The van der Waals surface area contributed by atoms with E-state index in [2.05, 4.69) is 32.3 Å². The van der Waals surface area contributed by atoms with Crippen molar-refractivity contribution in [2.45, 2.75) is 25.4 Å². The number of nitrogens with zero attached hydrogens (tertiary/aromatic N) is 2. The van der Waals surface area contributed by atoms with E-state index in [0.29, 0.717) is 28.0 Å². The lowest BCUT2D eigenvalue weighted by Crippen LogP contribution is -2.44. The van der Waals surface area contributed by atoms with Crippen molar-refractivity contribution >= 4 is 22.9 Å². The summed E-state index contributed by atoms with van der Waals surface area (Å²) in [4.78, 5) is 35.3. The molecule has 4 aromatic rings. The van der Waals surface area contributed by atoms with E-state index in [9.17, 15) is 14.7 Å². The second kappa shape index (κ2) is 10.9. The van der Waals surface area contributed by atoms with Crippen LogP contribution in [0, 0.1) is 0 Å². The van der Waals surface area contributed by atoms with Gasteiger partial charge >= 0.3 is 5.97 Å². The fourth-order valence-corrected chi connectivity index (χ4v) is 4.80. The van der Waals surface area contributed by atoms with Crippen molar-refractivity contribution in [3.05, 3.63) is 77.4 Å². The summed E-state index contributed by atoms with van der Waals surface area (Å²) in [5, 5.41) is 13.8. The molecule has 1 aliphatic rings. The van der Waals surface area contributed by atoms with Crippen LogP contribution in [0.4, 0.5) is 0 Å². The number of hydrogen-bond acceptors (Lipinski definition) is 7. The van der Waals surface area contributed by atoms with Crippen molar-refractivity contribution in [1.82, 2.24) is 20.2 Å². The maximum atomic E-state index is 13.3. The van der Waals surface area contributed by atoms with Crippen LogP contribution in [0.1, 0.15) is 39.1 Å². The molecule has 1 fully saturated rings. The number of H-pyrrole nitrogens is 1. The molecule has 3 N–H and O–H groups in total. The molecule has 1 amide bonds. The van der Waals surface area contributed by atoms with Crippen LogP contribution in [-0.4, -0.2) is 65.2 Å². The fraction of sp³-hybridized carbons (Fsp3) is 0.276. The molecule has 3 aromatic carbocycles. The van der Waals surface area contributed by atoms with Crippen LogP contribution >= 0.6 is 0 Å². The Morgan fingerprint density at radius 3 is 2.55 bits per heavy atom. The molecular formula is C29H30N4O5. The monoisotopic (exact) mass is 514 g/mol. The first-order chi connectivity index (χ1) is 18.4. The molecular weight excluding hydrogens is 484 g/mol. The average Bonchev–Trinajstić information content (AvgIpc) is 3.38. The summed E-state index contributed by atoms with van der Waals surface area (Å²) in [6.45, 7) is 2.64. The van der Waals surface area contributed by atoms with Gasteiger partial charge in [-0.3, -0.25) is 9.69 Å². The maximum Gasteiger partial charge on any atom is 0.337 e. The Bertz CT molecular complexity index is 1460. The van der Waals surface area contributed by atoms with Gasteiger partial charge in [-0.05, 0) is 48.7 Å². The minimum absolute atomic E-state index is 0.00603. The van der Waals surface area contributed by atoms with Gasteiger partial charge in [-0.1, -0.05) is 30.3 Å². The number of nitrogens with one attached hydrogen (secondary N) is 2. The number of esters is 1. The number of likely N-dealkylation sites (tertiary alicyclic amines) is 1. The Balaban J connectivity index is 1.32. The van der Waals surface area contributed by atoms with Gasteiger partial charge in [-0.15, -0.1) is 0 Å². The fourth-order valence-electron chi connectivity index (χ4n) is 4.80. The Kier molecular flexibility index (Phi) is 7.28. The predicted molar refractivity (Wildman–Crippen MR) is 143 cm³/mol. The number of piperidine rings is 1. The Labute approximate surface area is 220 Å². The van der Waals surface area contributed by atoms with Crippen LogP contribution < -0.4 is 10.1 Å². The normalized spacial score (nSPS) is 14.4. The number of phenols is 1. The molecule has 0 bridgehead atoms. The van der Waals surface area contributed by atoms with Crippen LogP contribution in [0.15, 0.2) is 60.7 Å². The zero-order valence-electron chi connectivity index (χ0n) is 21.4. The lowest BCUT2D eigenvalue weighted by Gasteiger charge is -2.32. The molecule has 0 spiro atoms. The zero-order valence-corrected chi connectivity index (χ0v) is 21.4. The summed E-state index contributed by atoms with van der Waals surface area (Å²) in [6, 6.07) is 18.6. The van der Waals surface area contributed by atoms with Gasteiger partial charge in [-0.25, -0.2) is 9.78 Å². The molecule has 1 aromatic heterocycles. The van der Waals surface area contributed by atoms with E-state index in [0.717, 1.165) is 32.5 Å². The molecule has 2 heterocycles. The summed E-state index contributed by atoms with van der Waals surface area (Å²) in [6.07, 6.45) is 1.64. The third kappa shape index (κ3) is 5.33. The standard InChI is InChI=1S/C29H30N4O5/c1-37-25-16-20(27-31-23-9-8-19(29(36)38-2)15-24(23)32-27)14-22(26(25)34)28(35)30-21-10-12-33(13-11-21)17-18-6-4-3-5-7-18/h3-9,14-16,21,34H,10-13,17H2,1-2H3,(H,30,35)(H,31,32). The summed E-state index contributed by atoms with van der Waals surface area (Å²) >= 11 is 0. The summed E-state index contributed by atoms with van der Waals surface area (Å²) in [5.74, 6) is -0.392. The predicted octanol–water partition coefficient (Wildman–Crippen LogP) is 4.13. The summed E-state index contributed by atoms with van der Waals surface area (Å²) in [7, 11) is 2.76. The number of methoxy groups -OCH3 is 2. The van der Waals surface area contributed by atoms with Gasteiger partial charge < -0.3 is 24.9 Å². The van der Waals surface area contributed by atoms with Crippen LogP contribution in [0.2, 0.25) is 0 Å². The second-order valence-corrected chi connectivity index (χ2v) is 9.39. The maximum absolute atomic E-state index is 13.3. The molecule has 0 radical (unpaired) electrons. The molecule has 1 saturated heterocycles. The Morgan fingerprint density at radius 1 is 1.08 bits per heavy atom. The highest BCUT2D eigenvalue weighted by Crippen LogP contribution is 2.35. The smallest absolute Gasteiger partial charge is 0.337 e. The number of imidazole rings is 1. The van der Waals surface area contributed by atoms with Gasteiger partial charge in [0.2, 0.25) is 0 Å². The second-order valence-electron chi connectivity index (χ2n) is 9.39. The molecule has 9 heteroatoms. The third-order valence-corrected chi connectivity index (χ3v) is 6.89. The number of fused-ring (bicyclic) bond motifs is 1. The molecule has 0 aliphatic carbocycles. The van der Waals surface area contributed by atoms with Crippen LogP contribution in [0.3, 0.4) is 0 Å². The number of rotatable bonds is 7. The number of aromatic hydroxyl groups is 1. The first-order valence-electron chi connectivity index (χ1n) is 12.5. The summed E-state index contributed by atoms with van der Waals surface area (Å²) in [5.41, 5.74) is 3.64. The molecule has 0 unspecified atom stereocenters. The van der Waals surface area contributed by atoms with Crippen LogP contribution in [0.25, 0.3) is 22.4 Å². The lowest BCUT2D eigenvalue weighted by atomic mass is 10.0. The van der Waals surface area contributed by atoms with Crippen molar-refractivity contribution in [3.8, 4) is 22.9 Å². The van der Waals surface area contributed by atoms with Crippen molar-refractivity contribution in [2.75, 3.05) is 27.3 Å². The van der Waals surface area contributed by atoms with Crippen LogP contribution in [0.5, 0.6) is 11.5 Å². The number of aromatic nitrogens is 2. The van der Waals surface area contributed by atoms with Gasteiger partial charge in [0.1, 0.15) is 5.82 Å². The average molecular weight is 515 g/mol. The topological polar surface area (TPSA) is 117 Å². The zero-order chi connectivity index (χ0) is 26.6. The number of carbonyl (C=O) groups is 2. The summed E-state index contributed by atoms with van der Waals surface area (Å²) < 4.78 is 10.2. The van der Waals surface area contributed by atoms with Crippen molar-refractivity contribution in [1.29, 1.82) is 0 Å². The number of carbonyl (C=O) groups excluding carboxylic acids is 2. The van der Waals surface area contributed by atoms with Gasteiger partial charge in [0.15, 0.2) is 11.5 Å². The first-order valence-corrected chi connectivity index (χ1v) is 12.5. The number of ether oxygens (including phenoxy) is 2. The van der Waals surface area contributed by atoms with Crippen molar-refractivity contribution in [2.24, 2.45) is 0 Å². The quantitative estimate of drug-likeness (QED) is 0.318. The molecule has 9 nitrogen and oxygen atoms in total. The largest absolute Gasteiger partial charge is 0.504 e. The van der Waals surface area contributed by atoms with E-state index >= 15 is 0 Å². The molecule has 0 atom stereocenters. The minimum Gasteiger partial charge on any atom is -0.504 e. The number of aromatic amines is 1. The number of hydrogen-bond donors (Lipinski definition) is 3. The van der Waals surface area contributed by atoms with Gasteiger partial charge in [0.05, 0.1) is 36.4 Å². The SMILES string of the molecule is COC(=O)c1ccc2nc(-c3cc(OC)c(O)c(C(=O)NC4CCN(Cc5ccccc5)CC4)c3)[nH]c2c1. The van der Waals surface area contributed by atoms with E-state index < -0.39 is 5.97 Å². The highest BCUT2D eigenvalue weighted by molar-refractivity contribution is 5.99. The van der Waals surface area contributed by atoms with Crippen LogP contribution in [-0.2, 0) is 11.3 Å². The van der Waals surface area contributed by atoms with E-state index in [-0.39, 0.29) is 29.0 Å². The van der Waals surface area contributed by atoms with E-state index in [1.54, 1.807) is 30.3 Å². The Morgan fingerprint density at radius 2 is 1.84 bits per heavy atom. The van der Waals surface area contributed by atoms with Gasteiger partial charge in [0, 0.05) is 31.2 Å². The molecule has 196 valence electrons. The van der Waals surface area contributed by atoms with Gasteiger partial charge in [-0.2, -0.15) is 0 Å².